The van der Waals surface area contributed by atoms with Crippen LogP contribution in [0.4, 0.5) is 11.4 Å². The number of ketones is 1. The van der Waals surface area contributed by atoms with Gasteiger partial charge in [0.15, 0.2) is 5.78 Å². The molecule has 0 radical (unpaired) electrons. The number of rotatable bonds is 6. The van der Waals surface area contributed by atoms with Crippen molar-refractivity contribution in [1.29, 1.82) is 0 Å². The molecule has 2 aromatic carbocycles. The van der Waals surface area contributed by atoms with Gasteiger partial charge in [-0.05, 0) is 57.0 Å². The van der Waals surface area contributed by atoms with Crippen molar-refractivity contribution in [2.45, 2.75) is 38.1 Å². The minimum atomic E-state index is -1.21. The third-order valence-electron chi connectivity index (χ3n) is 6.55. The summed E-state index contributed by atoms with van der Waals surface area (Å²) in [5.74, 6) is -1.75. The average molecular weight is 437 g/mol. The van der Waals surface area contributed by atoms with Gasteiger partial charge < -0.3 is 14.9 Å². The number of anilines is 1. The lowest BCUT2D eigenvalue weighted by molar-refractivity contribution is -0.384. The number of hydrogen-bond donors (Lipinski definition) is 1. The summed E-state index contributed by atoms with van der Waals surface area (Å²) in [6, 6.07) is 10.9. The summed E-state index contributed by atoms with van der Waals surface area (Å²) in [6.45, 7) is 3.74. The van der Waals surface area contributed by atoms with Gasteiger partial charge in [0.2, 0.25) is 0 Å². The maximum atomic E-state index is 12.9. The number of piperidine rings is 2. The Morgan fingerprint density at radius 3 is 2.22 bits per heavy atom. The van der Waals surface area contributed by atoms with Crippen molar-refractivity contribution in [1.82, 2.24) is 4.90 Å². The van der Waals surface area contributed by atoms with E-state index in [2.05, 4.69) is 4.90 Å². The lowest BCUT2D eigenvalue weighted by Crippen LogP contribution is -2.46. The van der Waals surface area contributed by atoms with Crippen molar-refractivity contribution in [3.05, 3.63) is 69.3 Å². The molecule has 0 spiro atoms. The van der Waals surface area contributed by atoms with E-state index in [9.17, 15) is 24.8 Å². The van der Waals surface area contributed by atoms with E-state index in [1.807, 2.05) is 4.90 Å². The number of benzene rings is 2. The Hall–Kier alpha value is -3.26. The van der Waals surface area contributed by atoms with Gasteiger partial charge in [-0.25, -0.2) is 4.79 Å². The smallest absolute Gasteiger partial charge is 0.336 e. The summed E-state index contributed by atoms with van der Waals surface area (Å²) in [7, 11) is 0. The van der Waals surface area contributed by atoms with Crippen LogP contribution in [0.5, 0.6) is 0 Å². The number of carboxylic acids is 1. The minimum Gasteiger partial charge on any atom is -0.478 e. The molecule has 0 aliphatic carbocycles. The zero-order valence-corrected chi connectivity index (χ0v) is 17.9. The van der Waals surface area contributed by atoms with Gasteiger partial charge in [-0.1, -0.05) is 24.6 Å². The molecule has 2 aromatic rings. The molecular weight excluding hydrogens is 410 g/mol. The molecule has 2 fully saturated rings. The molecule has 4 rings (SSSR count). The first kappa shape index (κ1) is 22.0. The maximum absolute atomic E-state index is 12.9. The van der Waals surface area contributed by atoms with E-state index in [0.29, 0.717) is 11.7 Å². The molecule has 32 heavy (non-hydrogen) atoms. The Bertz CT molecular complexity index is 1020. The summed E-state index contributed by atoms with van der Waals surface area (Å²) in [4.78, 5) is 40.4. The molecule has 0 saturated carbocycles. The Labute approximate surface area is 186 Å². The lowest BCUT2D eigenvalue weighted by Gasteiger charge is -2.40. The fourth-order valence-corrected chi connectivity index (χ4v) is 4.86. The van der Waals surface area contributed by atoms with Gasteiger partial charge in [-0.2, -0.15) is 0 Å². The maximum Gasteiger partial charge on any atom is 0.336 e. The van der Waals surface area contributed by atoms with Crippen molar-refractivity contribution in [3.8, 4) is 0 Å². The van der Waals surface area contributed by atoms with Crippen molar-refractivity contribution >= 4 is 23.1 Å². The van der Waals surface area contributed by atoms with Crippen LogP contribution in [0.1, 0.15) is 58.4 Å². The van der Waals surface area contributed by atoms with Crippen LogP contribution in [0.15, 0.2) is 42.5 Å². The number of likely N-dealkylation sites (tertiary alicyclic amines) is 1. The van der Waals surface area contributed by atoms with Crippen molar-refractivity contribution in [2.75, 3.05) is 31.1 Å². The van der Waals surface area contributed by atoms with Crippen molar-refractivity contribution < 1.29 is 19.6 Å². The van der Waals surface area contributed by atoms with Gasteiger partial charge in [0.1, 0.15) is 5.69 Å². The molecule has 1 N–H and O–H groups in total. The summed E-state index contributed by atoms with van der Waals surface area (Å²) < 4.78 is 0. The van der Waals surface area contributed by atoms with Gasteiger partial charge in [0.25, 0.3) is 5.69 Å². The average Bonchev–Trinajstić information content (AvgIpc) is 2.84. The Morgan fingerprint density at radius 1 is 0.938 bits per heavy atom. The number of nitro benzene ring substituents is 1. The van der Waals surface area contributed by atoms with E-state index in [0.717, 1.165) is 39.0 Å². The van der Waals surface area contributed by atoms with Gasteiger partial charge in [-0.15, -0.1) is 0 Å². The third kappa shape index (κ3) is 4.50. The molecule has 2 aliphatic rings. The molecule has 0 aromatic heterocycles. The van der Waals surface area contributed by atoms with Crippen LogP contribution in [0.3, 0.4) is 0 Å². The molecule has 2 aliphatic heterocycles. The highest BCUT2D eigenvalue weighted by atomic mass is 16.6. The van der Waals surface area contributed by atoms with E-state index in [1.165, 1.54) is 37.5 Å². The molecule has 0 bridgehead atoms. The standard InChI is InChI=1S/C24H27N3O5/c28-23(19-6-2-3-7-20(19)24(29)30)17-8-9-21(22(16-17)27(31)32)26-14-10-18(11-15-26)25-12-4-1-5-13-25/h2-3,6-9,16,18H,1,4-5,10-15H2,(H,29,30). The monoisotopic (exact) mass is 437 g/mol. The van der Waals surface area contributed by atoms with Crippen LogP contribution in [0, 0.1) is 10.1 Å². The topological polar surface area (TPSA) is 104 Å². The first-order valence-electron chi connectivity index (χ1n) is 11.1. The Balaban J connectivity index is 1.55. The van der Waals surface area contributed by atoms with Gasteiger partial charge in [-0.3, -0.25) is 14.9 Å². The van der Waals surface area contributed by atoms with Crippen LogP contribution in [0.25, 0.3) is 0 Å². The predicted molar refractivity (Wildman–Crippen MR) is 121 cm³/mol. The number of carbonyl (C=O) groups is 2. The predicted octanol–water partition coefficient (Wildman–Crippen LogP) is 3.98. The SMILES string of the molecule is O=C(O)c1ccccc1C(=O)c1ccc(N2CCC(N3CCCCC3)CC2)c([N+](=O)[O-])c1. The molecule has 0 amide bonds. The van der Waals surface area contributed by atoms with Crippen LogP contribution < -0.4 is 4.90 Å². The molecule has 8 nitrogen and oxygen atoms in total. The first-order chi connectivity index (χ1) is 15.5. The Kier molecular flexibility index (Phi) is 6.50. The summed E-state index contributed by atoms with van der Waals surface area (Å²) >= 11 is 0. The highest BCUT2D eigenvalue weighted by molar-refractivity contribution is 6.14. The zero-order chi connectivity index (χ0) is 22.7. The number of carbonyl (C=O) groups excluding carboxylic acids is 1. The zero-order valence-electron chi connectivity index (χ0n) is 17.9. The molecule has 168 valence electrons. The van der Waals surface area contributed by atoms with Gasteiger partial charge in [0, 0.05) is 36.3 Å². The molecule has 2 heterocycles. The summed E-state index contributed by atoms with van der Waals surface area (Å²) in [6.07, 6.45) is 5.70. The fraction of sp³-hybridized carbons (Fsp3) is 0.417. The van der Waals surface area contributed by atoms with Gasteiger partial charge >= 0.3 is 5.97 Å². The van der Waals surface area contributed by atoms with E-state index in [1.54, 1.807) is 24.3 Å². The van der Waals surface area contributed by atoms with E-state index >= 15 is 0 Å². The van der Waals surface area contributed by atoms with Crippen LogP contribution in [-0.2, 0) is 0 Å². The fourth-order valence-electron chi connectivity index (χ4n) is 4.86. The van der Waals surface area contributed by atoms with E-state index in [4.69, 9.17) is 0 Å². The van der Waals surface area contributed by atoms with E-state index < -0.39 is 16.7 Å². The number of nitro groups is 1. The summed E-state index contributed by atoms with van der Waals surface area (Å²) in [5.41, 5.74) is 0.390. The second-order valence-corrected chi connectivity index (χ2v) is 8.46. The van der Waals surface area contributed by atoms with Crippen LogP contribution in [0.2, 0.25) is 0 Å². The normalized spacial score (nSPS) is 17.8. The third-order valence-corrected chi connectivity index (χ3v) is 6.55. The Morgan fingerprint density at radius 2 is 1.59 bits per heavy atom. The lowest BCUT2D eigenvalue weighted by atomic mass is 9.96. The van der Waals surface area contributed by atoms with Crippen molar-refractivity contribution in [3.63, 3.8) is 0 Å². The molecule has 2 saturated heterocycles. The highest BCUT2D eigenvalue weighted by Gasteiger charge is 2.29. The first-order valence-corrected chi connectivity index (χ1v) is 11.1. The number of hydrogen-bond acceptors (Lipinski definition) is 6. The second-order valence-electron chi connectivity index (χ2n) is 8.46. The molecule has 0 unspecified atom stereocenters. The largest absolute Gasteiger partial charge is 0.478 e. The number of carboxylic acid groups (broad SMARTS) is 1. The number of aromatic carboxylic acids is 1. The molecule has 8 heteroatoms. The highest BCUT2D eigenvalue weighted by Crippen LogP contribution is 2.33. The van der Waals surface area contributed by atoms with Crippen LogP contribution in [-0.4, -0.2) is 58.9 Å². The molecule has 0 atom stereocenters. The van der Waals surface area contributed by atoms with Crippen LogP contribution >= 0.6 is 0 Å². The van der Waals surface area contributed by atoms with Gasteiger partial charge in [0.05, 0.1) is 10.5 Å². The van der Waals surface area contributed by atoms with E-state index in [-0.39, 0.29) is 22.4 Å². The molecular formula is C24H27N3O5. The minimum absolute atomic E-state index is 0.0180. The second kappa shape index (κ2) is 9.48. The number of nitrogens with zero attached hydrogens (tertiary/aromatic N) is 3. The quantitative estimate of drug-likeness (QED) is 0.414. The summed E-state index contributed by atoms with van der Waals surface area (Å²) in [5, 5.41) is 21.2. The van der Waals surface area contributed by atoms with Crippen molar-refractivity contribution in [2.24, 2.45) is 0 Å².